The highest BCUT2D eigenvalue weighted by Gasteiger charge is 2.50. The van der Waals surface area contributed by atoms with Crippen molar-refractivity contribution < 1.29 is 98.9 Å². The quantitative estimate of drug-likeness (QED) is 0.0613. The smallest absolute Gasteiger partial charge is 0.217 e. The lowest BCUT2D eigenvalue weighted by atomic mass is 9.85. The lowest BCUT2D eigenvalue weighted by molar-refractivity contribution is -0.309. The molecule has 0 saturated carbocycles. The average Bonchev–Trinajstić information content (AvgIpc) is 3.16. The lowest BCUT2D eigenvalue weighted by Gasteiger charge is -2.46. The molecule has 0 aliphatic carbocycles. The Morgan fingerprint density at radius 1 is 0.527 bits per heavy atom. The summed E-state index contributed by atoms with van der Waals surface area (Å²) in [6.07, 6.45) is -19.5. The third-order valence-electron chi connectivity index (χ3n) is 11.0. The second-order valence-corrected chi connectivity index (χ2v) is 14.6. The van der Waals surface area contributed by atoms with Crippen LogP contribution in [0.2, 0.25) is 0 Å². The van der Waals surface area contributed by atoms with Crippen LogP contribution in [0.1, 0.15) is 20.3 Å². The van der Waals surface area contributed by atoms with Crippen molar-refractivity contribution in [2.45, 2.75) is 124 Å². The van der Waals surface area contributed by atoms with E-state index in [1.807, 2.05) is 0 Å². The Morgan fingerprint density at radius 2 is 1.05 bits per heavy atom. The van der Waals surface area contributed by atoms with Gasteiger partial charge in [0.25, 0.3) is 0 Å². The van der Waals surface area contributed by atoms with Gasteiger partial charge >= 0.3 is 0 Å². The first-order chi connectivity index (χ1) is 26.2. The molecule has 4 fully saturated rings. The highest BCUT2D eigenvalue weighted by Crippen LogP contribution is 2.32. The van der Waals surface area contributed by atoms with Crippen molar-refractivity contribution in [3.05, 3.63) is 0 Å². The van der Waals surface area contributed by atoms with Crippen molar-refractivity contribution in [1.29, 1.82) is 0 Å². The molecule has 322 valence electrons. The summed E-state index contributed by atoms with van der Waals surface area (Å²) in [6.45, 7) is -0.129. The fraction of sp³-hybridized carbons (Fsp3) is 0.971. The van der Waals surface area contributed by atoms with Gasteiger partial charge in [-0.25, -0.2) is 0 Å². The summed E-state index contributed by atoms with van der Waals surface area (Å²) in [5, 5.41) is 117. The Kier molecular flexibility index (Phi) is 18.3. The van der Waals surface area contributed by atoms with Gasteiger partial charge in [-0.15, -0.1) is 0 Å². The second-order valence-electron chi connectivity index (χ2n) is 14.6. The molecule has 21 nitrogen and oxygen atoms in total. The summed E-state index contributed by atoms with van der Waals surface area (Å²) in [4.78, 5) is 12.2. The summed E-state index contributed by atoms with van der Waals surface area (Å²) in [5.41, 5.74) is 0. The molecule has 20 atom stereocenters. The number of nitrogens with one attached hydrogen (secondary N) is 1. The number of rotatable bonds is 18. The number of methoxy groups -OCH3 is 1. The number of hydrogen-bond acceptors (Lipinski definition) is 20. The Morgan fingerprint density at radius 3 is 1.65 bits per heavy atom. The van der Waals surface area contributed by atoms with Crippen molar-refractivity contribution in [3.8, 4) is 0 Å². The van der Waals surface area contributed by atoms with Crippen molar-refractivity contribution in [3.63, 3.8) is 0 Å². The van der Waals surface area contributed by atoms with Gasteiger partial charge in [0.2, 0.25) is 5.91 Å². The van der Waals surface area contributed by atoms with Gasteiger partial charge in [0.1, 0.15) is 48.8 Å². The van der Waals surface area contributed by atoms with Crippen LogP contribution < -0.4 is 5.32 Å². The van der Waals surface area contributed by atoms with Gasteiger partial charge in [-0.2, -0.15) is 0 Å². The molecule has 21 heteroatoms. The summed E-state index contributed by atoms with van der Waals surface area (Å²) in [6, 6.07) is -1.09. The maximum Gasteiger partial charge on any atom is 0.217 e. The van der Waals surface area contributed by atoms with Gasteiger partial charge in [0.05, 0.1) is 108 Å². The van der Waals surface area contributed by atoms with E-state index >= 15 is 0 Å². The molecule has 0 aromatic carbocycles. The topological polar surface area (TPSA) is 325 Å². The van der Waals surface area contributed by atoms with E-state index in [0.29, 0.717) is 6.42 Å². The standard InChI is InChI=1S/C34H61NO20/c1-4-18-30(44)29(43)15(19(5-36)52-18)8-49-13-24-27(41)17(26(40)20(6-37)53-24)9-50-12-23-25(35-14(2)39)28(42)16(22(54-23)11-48-3)10-51-34-33(47)32(46)31(45)21(7-38)55-34/h15-34,36-38,40-47H,4-13H2,1-3H3,(H,35,39). The Labute approximate surface area is 318 Å². The summed E-state index contributed by atoms with van der Waals surface area (Å²) in [5.74, 6) is -3.25. The summed E-state index contributed by atoms with van der Waals surface area (Å²) in [7, 11) is 1.39. The molecule has 0 radical (unpaired) electrons. The van der Waals surface area contributed by atoms with Crippen LogP contribution in [-0.4, -0.2) is 233 Å². The number of carbonyl (C=O) groups is 1. The van der Waals surface area contributed by atoms with E-state index < -0.39 is 147 Å². The van der Waals surface area contributed by atoms with Gasteiger partial charge in [0.15, 0.2) is 6.29 Å². The molecule has 4 saturated heterocycles. The fourth-order valence-corrected chi connectivity index (χ4v) is 7.70. The maximum absolute atomic E-state index is 12.2. The number of aliphatic hydroxyl groups is 11. The zero-order chi connectivity index (χ0) is 40.6. The van der Waals surface area contributed by atoms with Crippen molar-refractivity contribution in [1.82, 2.24) is 5.32 Å². The first-order valence-electron chi connectivity index (χ1n) is 18.6. The third kappa shape index (κ3) is 11.1. The summed E-state index contributed by atoms with van der Waals surface area (Å²) >= 11 is 0. The molecular formula is C34H61NO20. The van der Waals surface area contributed by atoms with Crippen LogP contribution in [0.5, 0.6) is 0 Å². The monoisotopic (exact) mass is 803 g/mol. The van der Waals surface area contributed by atoms with E-state index in [1.165, 1.54) is 14.0 Å². The largest absolute Gasteiger partial charge is 0.394 e. The van der Waals surface area contributed by atoms with E-state index in [9.17, 15) is 61.0 Å². The molecule has 4 rings (SSSR count). The van der Waals surface area contributed by atoms with Crippen molar-refractivity contribution in [2.75, 3.05) is 66.6 Å². The minimum Gasteiger partial charge on any atom is -0.394 e. The predicted octanol–water partition coefficient (Wildman–Crippen LogP) is -6.66. The van der Waals surface area contributed by atoms with Crippen molar-refractivity contribution in [2.24, 2.45) is 17.8 Å². The normalized spacial score (nSPS) is 45.3. The van der Waals surface area contributed by atoms with E-state index in [4.69, 9.17) is 37.9 Å². The maximum atomic E-state index is 12.2. The zero-order valence-corrected chi connectivity index (χ0v) is 31.2. The molecular weight excluding hydrogens is 742 g/mol. The van der Waals surface area contributed by atoms with E-state index in [-0.39, 0.29) is 39.6 Å². The third-order valence-corrected chi connectivity index (χ3v) is 11.0. The Bertz CT molecular complexity index is 1140. The molecule has 0 aromatic heterocycles. The predicted molar refractivity (Wildman–Crippen MR) is 182 cm³/mol. The highest BCUT2D eigenvalue weighted by molar-refractivity contribution is 5.73. The van der Waals surface area contributed by atoms with Gasteiger partial charge in [-0.1, -0.05) is 6.92 Å². The number of ether oxygens (including phenoxy) is 8. The number of hydrogen-bond donors (Lipinski definition) is 12. The van der Waals surface area contributed by atoms with Crippen LogP contribution in [0.4, 0.5) is 0 Å². The first-order valence-corrected chi connectivity index (χ1v) is 18.6. The first kappa shape index (κ1) is 46.4. The molecule has 0 spiro atoms. The van der Waals surface area contributed by atoms with Gasteiger partial charge in [0, 0.05) is 31.8 Å². The van der Waals surface area contributed by atoms with Gasteiger partial charge < -0.3 is 99.4 Å². The Hall–Kier alpha value is -1.29. The molecule has 1 amide bonds. The molecule has 55 heavy (non-hydrogen) atoms. The number of aliphatic hydroxyl groups excluding tert-OH is 11. The zero-order valence-electron chi connectivity index (χ0n) is 31.2. The van der Waals surface area contributed by atoms with Crippen LogP contribution in [0.25, 0.3) is 0 Å². The molecule has 4 heterocycles. The highest BCUT2D eigenvalue weighted by atomic mass is 16.7. The van der Waals surface area contributed by atoms with Crippen molar-refractivity contribution >= 4 is 5.91 Å². The number of amides is 1. The van der Waals surface area contributed by atoms with E-state index in [2.05, 4.69) is 5.32 Å². The second kappa shape index (κ2) is 21.6. The Balaban J connectivity index is 1.38. The van der Waals surface area contributed by atoms with Crippen LogP contribution in [0.3, 0.4) is 0 Å². The van der Waals surface area contributed by atoms with Crippen LogP contribution in [0.15, 0.2) is 0 Å². The molecule has 0 aromatic rings. The average molecular weight is 804 g/mol. The molecule has 4 aliphatic heterocycles. The SMILES string of the molecule is CCC1OC(CO)C(COCC2OC(CO)C(O)C(COCC3OC(COC)C(COC4OC(CO)C(O)C(O)C4O)C(O)C3NC(C)=O)C2O)C(O)C1O. The molecule has 20 unspecified atom stereocenters. The lowest BCUT2D eigenvalue weighted by Crippen LogP contribution is -2.64. The van der Waals surface area contributed by atoms with E-state index in [1.54, 1.807) is 6.92 Å². The van der Waals surface area contributed by atoms with Crippen LogP contribution in [0, 0.1) is 17.8 Å². The molecule has 4 aliphatic rings. The van der Waals surface area contributed by atoms with Crippen LogP contribution in [-0.2, 0) is 42.7 Å². The van der Waals surface area contributed by atoms with Gasteiger partial charge in [-0.05, 0) is 6.42 Å². The number of carbonyl (C=O) groups excluding carboxylic acids is 1. The minimum absolute atomic E-state index is 0.0679. The summed E-state index contributed by atoms with van der Waals surface area (Å²) < 4.78 is 45.7. The molecule has 0 bridgehead atoms. The molecule has 12 N–H and O–H groups in total. The minimum atomic E-state index is -1.69. The van der Waals surface area contributed by atoms with E-state index in [0.717, 1.165) is 0 Å². The van der Waals surface area contributed by atoms with Gasteiger partial charge in [-0.3, -0.25) is 4.79 Å². The fourth-order valence-electron chi connectivity index (χ4n) is 7.70. The van der Waals surface area contributed by atoms with Crippen LogP contribution >= 0.6 is 0 Å².